The molecule has 3 heteroatoms. The van der Waals surface area contributed by atoms with Crippen molar-refractivity contribution in [3.63, 3.8) is 0 Å². The minimum atomic E-state index is -1.50. The highest BCUT2D eigenvalue weighted by Crippen LogP contribution is 2.23. The predicted octanol–water partition coefficient (Wildman–Crippen LogP) is 2.28. The van der Waals surface area contributed by atoms with Crippen LogP contribution in [-0.4, -0.2) is 22.1 Å². The number of aliphatic hydroxyl groups is 2. The molecule has 2 N–H and O–H groups in total. The fourth-order valence-electron chi connectivity index (χ4n) is 1.28. The lowest BCUT2D eigenvalue weighted by atomic mass is 10.0. The van der Waals surface area contributed by atoms with Crippen LogP contribution in [0.2, 0.25) is 0 Å². The highest BCUT2D eigenvalue weighted by Gasteiger charge is 2.28. The summed E-state index contributed by atoms with van der Waals surface area (Å²) in [5, 5.41) is 18.2. The molecule has 0 spiro atoms. The Kier molecular flexibility index (Phi) is 3.94. The topological polar surface area (TPSA) is 49.7 Å². The maximum absolute atomic E-state index is 9.11. The van der Waals surface area contributed by atoms with Gasteiger partial charge >= 0.3 is 0 Å². The second-order valence-electron chi connectivity index (χ2n) is 4.80. The van der Waals surface area contributed by atoms with E-state index in [9.17, 15) is 0 Å². The van der Waals surface area contributed by atoms with Crippen molar-refractivity contribution in [3.05, 3.63) is 29.8 Å². The third-order valence-electron chi connectivity index (χ3n) is 2.55. The van der Waals surface area contributed by atoms with Gasteiger partial charge in [-0.3, -0.25) is 0 Å². The zero-order valence-electron chi connectivity index (χ0n) is 10.3. The summed E-state index contributed by atoms with van der Waals surface area (Å²) in [4.78, 5) is 0. The summed E-state index contributed by atoms with van der Waals surface area (Å²) in [6.45, 7) is 7.51. The molecule has 0 saturated heterocycles. The average Bonchev–Trinajstić information content (AvgIpc) is 2.17. The number of aliphatic hydroxyl groups excluding tert-OH is 1. The molecule has 0 aromatic heterocycles. The van der Waals surface area contributed by atoms with Gasteiger partial charge in [-0.15, -0.1) is 0 Å². The molecule has 0 aliphatic heterocycles. The van der Waals surface area contributed by atoms with E-state index in [2.05, 4.69) is 13.8 Å². The predicted molar refractivity (Wildman–Crippen MR) is 63.5 cm³/mol. The van der Waals surface area contributed by atoms with Crippen molar-refractivity contribution < 1.29 is 14.9 Å². The first kappa shape index (κ1) is 13.0. The summed E-state index contributed by atoms with van der Waals surface area (Å²) in [6.07, 6.45) is -1.50. The first-order chi connectivity index (χ1) is 7.33. The Labute approximate surface area is 96.7 Å². The third kappa shape index (κ3) is 3.22. The van der Waals surface area contributed by atoms with Crippen LogP contribution >= 0.6 is 0 Å². The van der Waals surface area contributed by atoms with E-state index in [1.54, 1.807) is 13.8 Å². The molecule has 3 nitrogen and oxygen atoms in total. The lowest BCUT2D eigenvalue weighted by Gasteiger charge is -2.28. The fraction of sp³-hybridized carbons (Fsp3) is 0.538. The van der Waals surface area contributed by atoms with Crippen molar-refractivity contribution >= 4 is 0 Å². The van der Waals surface area contributed by atoms with Crippen molar-refractivity contribution in [3.8, 4) is 5.75 Å². The Bertz CT molecular complexity index is 326. The van der Waals surface area contributed by atoms with E-state index in [0.717, 1.165) is 0 Å². The quantitative estimate of drug-likeness (QED) is 0.771. The highest BCUT2D eigenvalue weighted by molar-refractivity contribution is 5.29. The van der Waals surface area contributed by atoms with Gasteiger partial charge in [-0.25, -0.2) is 0 Å². The molecule has 0 saturated carbocycles. The van der Waals surface area contributed by atoms with Crippen molar-refractivity contribution in [2.24, 2.45) is 0 Å². The van der Waals surface area contributed by atoms with Crippen LogP contribution in [0.3, 0.4) is 0 Å². The summed E-state index contributed by atoms with van der Waals surface area (Å²) in [6, 6.07) is 7.67. The van der Waals surface area contributed by atoms with Crippen LogP contribution in [0.5, 0.6) is 5.75 Å². The monoisotopic (exact) mass is 224 g/mol. The second kappa shape index (κ2) is 4.85. The molecule has 0 radical (unpaired) electrons. The molecule has 0 aliphatic carbocycles. The van der Waals surface area contributed by atoms with Gasteiger partial charge < -0.3 is 14.9 Å². The van der Waals surface area contributed by atoms with Gasteiger partial charge in [0.2, 0.25) is 0 Å². The van der Waals surface area contributed by atoms with Crippen LogP contribution in [0, 0.1) is 0 Å². The largest absolute Gasteiger partial charge is 0.483 e. The summed E-state index contributed by atoms with van der Waals surface area (Å²) in [5.74, 6) is 1.12. The van der Waals surface area contributed by atoms with E-state index in [4.69, 9.17) is 14.9 Å². The molecule has 16 heavy (non-hydrogen) atoms. The molecule has 0 fully saturated rings. The molecular formula is C13H20O3. The standard InChI is InChI=1S/C13H20O3/c1-9(2)10-5-7-11(8-6-10)16-13(3,4)12(14)15/h5-9,12,14-15H,1-4H3. The van der Waals surface area contributed by atoms with Crippen LogP contribution in [-0.2, 0) is 0 Å². The number of rotatable bonds is 4. The molecule has 0 atom stereocenters. The number of ether oxygens (including phenoxy) is 1. The van der Waals surface area contributed by atoms with E-state index in [1.165, 1.54) is 5.56 Å². The van der Waals surface area contributed by atoms with Crippen molar-refractivity contribution in [1.82, 2.24) is 0 Å². The van der Waals surface area contributed by atoms with Crippen molar-refractivity contribution in [2.45, 2.75) is 45.5 Å². The van der Waals surface area contributed by atoms with Gasteiger partial charge in [0.15, 0.2) is 11.9 Å². The summed E-state index contributed by atoms with van der Waals surface area (Å²) >= 11 is 0. The van der Waals surface area contributed by atoms with E-state index >= 15 is 0 Å². The lowest BCUT2D eigenvalue weighted by molar-refractivity contribution is -0.154. The number of hydrogen-bond donors (Lipinski definition) is 2. The maximum atomic E-state index is 9.11. The van der Waals surface area contributed by atoms with Crippen LogP contribution in [0.15, 0.2) is 24.3 Å². The normalized spacial score (nSPS) is 12.2. The molecular weight excluding hydrogens is 204 g/mol. The Morgan fingerprint density at radius 3 is 1.94 bits per heavy atom. The third-order valence-corrected chi connectivity index (χ3v) is 2.55. The average molecular weight is 224 g/mol. The molecule has 0 unspecified atom stereocenters. The van der Waals surface area contributed by atoms with Gasteiger partial charge in [-0.2, -0.15) is 0 Å². The number of benzene rings is 1. The Morgan fingerprint density at radius 1 is 1.06 bits per heavy atom. The highest BCUT2D eigenvalue weighted by atomic mass is 16.6. The van der Waals surface area contributed by atoms with Crippen molar-refractivity contribution in [1.29, 1.82) is 0 Å². The van der Waals surface area contributed by atoms with Crippen LogP contribution < -0.4 is 4.74 Å². The van der Waals surface area contributed by atoms with Crippen LogP contribution in [0.1, 0.15) is 39.2 Å². The molecule has 0 amide bonds. The Hall–Kier alpha value is -1.06. The molecule has 0 heterocycles. The van der Waals surface area contributed by atoms with Crippen molar-refractivity contribution in [2.75, 3.05) is 0 Å². The van der Waals surface area contributed by atoms with Gasteiger partial charge in [-0.05, 0) is 37.5 Å². The first-order valence-electron chi connectivity index (χ1n) is 5.48. The van der Waals surface area contributed by atoms with Gasteiger partial charge in [0.1, 0.15) is 5.75 Å². The van der Waals surface area contributed by atoms with Gasteiger partial charge in [-0.1, -0.05) is 26.0 Å². The lowest BCUT2D eigenvalue weighted by Crippen LogP contribution is -2.41. The maximum Gasteiger partial charge on any atom is 0.192 e. The molecule has 1 aromatic carbocycles. The summed E-state index contributed by atoms with van der Waals surface area (Å²) < 4.78 is 5.50. The summed E-state index contributed by atoms with van der Waals surface area (Å²) in [7, 11) is 0. The van der Waals surface area contributed by atoms with Gasteiger partial charge in [0, 0.05) is 0 Å². The molecule has 1 aromatic rings. The van der Waals surface area contributed by atoms with E-state index < -0.39 is 11.9 Å². The molecule has 1 rings (SSSR count). The van der Waals surface area contributed by atoms with E-state index in [0.29, 0.717) is 11.7 Å². The van der Waals surface area contributed by atoms with Crippen LogP contribution in [0.4, 0.5) is 0 Å². The number of hydrogen-bond acceptors (Lipinski definition) is 3. The summed E-state index contributed by atoms with van der Waals surface area (Å²) in [5.41, 5.74) is 0.231. The Morgan fingerprint density at radius 2 is 1.56 bits per heavy atom. The van der Waals surface area contributed by atoms with E-state index in [1.807, 2.05) is 24.3 Å². The SMILES string of the molecule is CC(C)c1ccc(OC(C)(C)C(O)O)cc1. The van der Waals surface area contributed by atoms with Gasteiger partial charge in [0.05, 0.1) is 0 Å². The first-order valence-corrected chi connectivity index (χ1v) is 5.48. The second-order valence-corrected chi connectivity index (χ2v) is 4.80. The van der Waals surface area contributed by atoms with Gasteiger partial charge in [0.25, 0.3) is 0 Å². The Balaban J connectivity index is 2.76. The molecule has 90 valence electrons. The minimum absolute atomic E-state index is 0.477. The smallest absolute Gasteiger partial charge is 0.192 e. The zero-order valence-corrected chi connectivity index (χ0v) is 10.3. The fourth-order valence-corrected chi connectivity index (χ4v) is 1.28. The molecule has 0 bridgehead atoms. The van der Waals surface area contributed by atoms with E-state index in [-0.39, 0.29) is 0 Å². The minimum Gasteiger partial charge on any atom is -0.483 e. The molecule has 0 aliphatic rings. The van der Waals surface area contributed by atoms with Crippen LogP contribution in [0.25, 0.3) is 0 Å². The zero-order chi connectivity index (χ0) is 12.3.